The Bertz CT molecular complexity index is 694. The van der Waals surface area contributed by atoms with E-state index in [-0.39, 0.29) is 0 Å². The summed E-state index contributed by atoms with van der Waals surface area (Å²) in [4.78, 5) is 7.98. The van der Waals surface area contributed by atoms with E-state index in [9.17, 15) is 0 Å². The smallest absolute Gasteiger partial charge is 0.139 e. The number of hydrogen-bond donors (Lipinski definition) is 1. The van der Waals surface area contributed by atoms with Crippen LogP contribution in [0.25, 0.3) is 11.4 Å². The summed E-state index contributed by atoms with van der Waals surface area (Å²) in [6, 6.07) is 4.25. The molecular weight excluding hydrogens is 332 g/mol. The minimum atomic E-state index is 0.383. The van der Waals surface area contributed by atoms with Crippen molar-refractivity contribution in [3.63, 3.8) is 0 Å². The predicted octanol–water partition coefficient (Wildman–Crippen LogP) is 5.62. The quantitative estimate of drug-likeness (QED) is 0.712. The fourth-order valence-corrected chi connectivity index (χ4v) is 3.20. The van der Waals surface area contributed by atoms with Gasteiger partial charge in [-0.2, -0.15) is 0 Å². The van der Waals surface area contributed by atoms with Crippen molar-refractivity contribution in [3.8, 4) is 11.4 Å². The van der Waals surface area contributed by atoms with Gasteiger partial charge in [0, 0.05) is 21.3 Å². The van der Waals surface area contributed by atoms with Gasteiger partial charge in [-0.15, -0.1) is 0 Å². The van der Waals surface area contributed by atoms with Crippen LogP contribution in [-0.2, 0) is 0 Å². The van der Waals surface area contributed by atoms with Crippen molar-refractivity contribution in [2.45, 2.75) is 40.5 Å². The molecule has 4 heteroatoms. The molecule has 1 N–H and O–H groups in total. The Kier molecular flexibility index (Phi) is 4.45. The van der Waals surface area contributed by atoms with Crippen molar-refractivity contribution in [1.82, 2.24) is 9.97 Å². The second-order valence-corrected chi connectivity index (χ2v) is 6.69. The Hall–Kier alpha value is -1.00. The number of benzene rings is 1. The lowest BCUT2D eigenvalue weighted by Gasteiger charge is -2.13. The van der Waals surface area contributed by atoms with E-state index in [0.717, 1.165) is 27.1 Å². The largest absolute Gasteiger partial charge is 0.343 e. The van der Waals surface area contributed by atoms with Gasteiger partial charge in [0.2, 0.25) is 0 Å². The van der Waals surface area contributed by atoms with E-state index in [4.69, 9.17) is 12.2 Å². The van der Waals surface area contributed by atoms with Gasteiger partial charge in [0.15, 0.2) is 0 Å². The van der Waals surface area contributed by atoms with E-state index >= 15 is 0 Å². The van der Waals surface area contributed by atoms with Crippen LogP contribution in [0.5, 0.6) is 0 Å². The highest BCUT2D eigenvalue weighted by Crippen LogP contribution is 2.28. The second-order valence-electron chi connectivity index (χ2n) is 5.51. The van der Waals surface area contributed by atoms with Crippen molar-refractivity contribution in [1.29, 1.82) is 0 Å². The van der Waals surface area contributed by atoms with E-state index < -0.39 is 0 Å². The summed E-state index contributed by atoms with van der Waals surface area (Å²) in [5, 5.41) is 0. The first-order valence-electron chi connectivity index (χ1n) is 6.69. The second kappa shape index (κ2) is 5.78. The molecule has 0 fully saturated rings. The molecule has 1 heterocycles. The van der Waals surface area contributed by atoms with Crippen LogP contribution in [0.15, 0.2) is 16.6 Å². The van der Waals surface area contributed by atoms with Gasteiger partial charge in [0.25, 0.3) is 0 Å². The topological polar surface area (TPSA) is 28.7 Å². The third-order valence-corrected chi connectivity index (χ3v) is 5.00. The Morgan fingerprint density at radius 3 is 2.15 bits per heavy atom. The molecule has 20 heavy (non-hydrogen) atoms. The molecule has 0 radical (unpaired) electrons. The molecule has 0 unspecified atom stereocenters. The lowest BCUT2D eigenvalue weighted by molar-refractivity contribution is 0.825. The average Bonchev–Trinajstić information content (AvgIpc) is 2.33. The highest BCUT2D eigenvalue weighted by Gasteiger charge is 2.11. The Labute approximate surface area is 133 Å². The van der Waals surface area contributed by atoms with E-state index in [2.05, 4.69) is 72.6 Å². The van der Waals surface area contributed by atoms with Gasteiger partial charge in [-0.3, -0.25) is 0 Å². The maximum absolute atomic E-state index is 5.45. The van der Waals surface area contributed by atoms with E-state index in [1.54, 1.807) is 0 Å². The van der Waals surface area contributed by atoms with Crippen LogP contribution in [0.2, 0.25) is 0 Å². The zero-order valence-corrected chi connectivity index (χ0v) is 14.9. The standard InChI is InChI=1S/C16H19BrN2S/c1-8(2)13-11(5)18-15(19-16(13)20)12-6-9(3)14(17)10(4)7-12/h6-8H,1-5H3,(H,18,19,20). The molecular formula is C16H19BrN2S. The predicted molar refractivity (Wildman–Crippen MR) is 90.9 cm³/mol. The Morgan fingerprint density at radius 1 is 1.15 bits per heavy atom. The van der Waals surface area contributed by atoms with E-state index in [1.165, 1.54) is 11.1 Å². The maximum Gasteiger partial charge on any atom is 0.139 e. The SMILES string of the molecule is Cc1cc(-c2nc(=S)c(C(C)C)c(C)[nH]2)cc(C)c1Br. The fourth-order valence-electron chi connectivity index (χ4n) is 2.49. The first kappa shape index (κ1) is 15.4. The number of halogens is 1. The molecule has 2 aromatic rings. The van der Waals surface area contributed by atoms with Crippen molar-refractivity contribution in [2.75, 3.05) is 0 Å². The summed E-state index contributed by atoms with van der Waals surface area (Å²) >= 11 is 9.05. The molecule has 0 aliphatic heterocycles. The van der Waals surface area contributed by atoms with Crippen LogP contribution < -0.4 is 0 Å². The number of aryl methyl sites for hydroxylation is 3. The van der Waals surface area contributed by atoms with Crippen molar-refractivity contribution in [2.24, 2.45) is 0 Å². The van der Waals surface area contributed by atoms with Crippen LogP contribution in [0, 0.1) is 25.4 Å². The number of nitrogens with one attached hydrogen (secondary N) is 1. The first-order valence-corrected chi connectivity index (χ1v) is 7.89. The molecule has 1 aromatic carbocycles. The Morgan fingerprint density at radius 2 is 1.70 bits per heavy atom. The van der Waals surface area contributed by atoms with Gasteiger partial charge >= 0.3 is 0 Å². The minimum Gasteiger partial charge on any atom is -0.343 e. The molecule has 106 valence electrons. The first-order chi connectivity index (χ1) is 9.31. The lowest BCUT2D eigenvalue weighted by atomic mass is 10.0. The molecule has 2 nitrogen and oxygen atoms in total. The summed E-state index contributed by atoms with van der Waals surface area (Å²) < 4.78 is 1.85. The Balaban J connectivity index is 2.63. The highest BCUT2D eigenvalue weighted by atomic mass is 79.9. The number of H-pyrrole nitrogens is 1. The van der Waals surface area contributed by atoms with Crippen LogP contribution in [0.3, 0.4) is 0 Å². The zero-order chi connectivity index (χ0) is 15.0. The number of aromatic nitrogens is 2. The molecule has 2 rings (SSSR count). The third-order valence-electron chi connectivity index (χ3n) is 3.44. The summed E-state index contributed by atoms with van der Waals surface area (Å²) in [5.74, 6) is 1.23. The summed E-state index contributed by atoms with van der Waals surface area (Å²) in [5.41, 5.74) is 5.72. The summed E-state index contributed by atoms with van der Waals surface area (Å²) in [6.45, 7) is 10.5. The molecule has 1 aromatic heterocycles. The highest BCUT2D eigenvalue weighted by molar-refractivity contribution is 9.10. The molecule has 0 amide bonds. The van der Waals surface area contributed by atoms with E-state index in [1.807, 2.05) is 0 Å². The molecule has 0 saturated heterocycles. The normalized spacial score (nSPS) is 11.2. The molecule has 0 aliphatic carbocycles. The van der Waals surface area contributed by atoms with Gasteiger partial charge in [-0.05, 0) is 49.9 Å². The number of nitrogens with zero attached hydrogens (tertiary/aromatic N) is 1. The van der Waals surface area contributed by atoms with Crippen LogP contribution in [-0.4, -0.2) is 9.97 Å². The number of rotatable bonds is 2. The molecule has 0 atom stereocenters. The average molecular weight is 351 g/mol. The molecule has 0 saturated carbocycles. The molecule has 0 bridgehead atoms. The monoisotopic (exact) mass is 350 g/mol. The summed E-state index contributed by atoms with van der Waals surface area (Å²) in [7, 11) is 0. The maximum atomic E-state index is 5.45. The van der Waals surface area contributed by atoms with Crippen LogP contribution in [0.4, 0.5) is 0 Å². The van der Waals surface area contributed by atoms with Crippen LogP contribution >= 0.6 is 28.1 Å². The number of aromatic amines is 1. The van der Waals surface area contributed by atoms with Crippen molar-refractivity contribution in [3.05, 3.63) is 43.6 Å². The zero-order valence-electron chi connectivity index (χ0n) is 12.5. The van der Waals surface area contributed by atoms with Gasteiger partial charge in [0.1, 0.15) is 10.5 Å². The number of hydrogen-bond acceptors (Lipinski definition) is 2. The van der Waals surface area contributed by atoms with Gasteiger partial charge < -0.3 is 4.98 Å². The van der Waals surface area contributed by atoms with Crippen molar-refractivity contribution < 1.29 is 0 Å². The third kappa shape index (κ3) is 2.86. The van der Waals surface area contributed by atoms with Gasteiger partial charge in [-0.1, -0.05) is 42.0 Å². The molecule has 0 aliphatic rings. The lowest BCUT2D eigenvalue weighted by Crippen LogP contribution is -2.02. The van der Waals surface area contributed by atoms with E-state index in [0.29, 0.717) is 10.6 Å². The van der Waals surface area contributed by atoms with Gasteiger partial charge in [-0.25, -0.2) is 4.98 Å². The minimum absolute atomic E-state index is 0.383. The van der Waals surface area contributed by atoms with Gasteiger partial charge in [0.05, 0.1) is 0 Å². The van der Waals surface area contributed by atoms with Crippen LogP contribution in [0.1, 0.15) is 42.1 Å². The summed E-state index contributed by atoms with van der Waals surface area (Å²) in [6.07, 6.45) is 0. The molecule has 0 spiro atoms. The van der Waals surface area contributed by atoms with Crippen molar-refractivity contribution >= 4 is 28.1 Å². The fraction of sp³-hybridized carbons (Fsp3) is 0.375.